The van der Waals surface area contributed by atoms with Gasteiger partial charge in [0.1, 0.15) is 0 Å². The molecule has 2 rings (SSSR count). The number of thiazole rings is 1. The highest BCUT2D eigenvalue weighted by Gasteiger charge is 2.06. The maximum atomic E-state index is 12.7. The summed E-state index contributed by atoms with van der Waals surface area (Å²) in [6, 6.07) is 1.28. The van der Waals surface area contributed by atoms with Gasteiger partial charge in [-0.1, -0.05) is 11.6 Å². The van der Waals surface area contributed by atoms with Crippen LogP contribution in [0.2, 0.25) is 5.02 Å². The Balaban J connectivity index is 2.57. The zero-order chi connectivity index (χ0) is 9.26. The molecule has 2 aromatic heterocycles. The highest BCUT2D eigenvalue weighted by molar-refractivity contribution is 7.07. The van der Waals surface area contributed by atoms with Crippen LogP contribution in [0.1, 0.15) is 0 Å². The van der Waals surface area contributed by atoms with Gasteiger partial charge in [-0.3, -0.25) is 0 Å². The van der Waals surface area contributed by atoms with Gasteiger partial charge in [0.25, 0.3) is 0 Å². The van der Waals surface area contributed by atoms with Crippen molar-refractivity contribution >= 4 is 22.9 Å². The van der Waals surface area contributed by atoms with E-state index in [1.807, 2.05) is 0 Å². The molecule has 13 heavy (non-hydrogen) atoms. The van der Waals surface area contributed by atoms with Crippen LogP contribution < -0.4 is 0 Å². The molecular formula is C8H4ClFN2S. The van der Waals surface area contributed by atoms with Crippen molar-refractivity contribution in [2.75, 3.05) is 0 Å². The van der Waals surface area contributed by atoms with E-state index >= 15 is 0 Å². The molecule has 0 bridgehead atoms. The SMILES string of the molecule is Fc1cc(-c2cscn2)c(Cl)cn1. The summed E-state index contributed by atoms with van der Waals surface area (Å²) in [4.78, 5) is 7.45. The normalized spacial score (nSPS) is 10.3. The van der Waals surface area contributed by atoms with E-state index in [9.17, 15) is 4.39 Å². The van der Waals surface area contributed by atoms with Gasteiger partial charge in [-0.15, -0.1) is 11.3 Å². The van der Waals surface area contributed by atoms with Crippen molar-refractivity contribution < 1.29 is 4.39 Å². The standard InChI is InChI=1S/C8H4ClFN2S/c9-6-2-11-8(10)1-5(6)7-3-13-4-12-7/h1-4H. The van der Waals surface area contributed by atoms with Crippen LogP contribution in [-0.2, 0) is 0 Å². The van der Waals surface area contributed by atoms with Gasteiger partial charge in [-0.25, -0.2) is 9.97 Å². The lowest BCUT2D eigenvalue weighted by atomic mass is 10.2. The van der Waals surface area contributed by atoms with Crippen molar-refractivity contribution in [3.8, 4) is 11.3 Å². The lowest BCUT2D eigenvalue weighted by Crippen LogP contribution is -1.85. The fourth-order valence-corrected chi connectivity index (χ4v) is 1.71. The smallest absolute Gasteiger partial charge is 0.213 e. The first-order valence-electron chi connectivity index (χ1n) is 3.47. The van der Waals surface area contributed by atoms with Gasteiger partial charge in [0.05, 0.1) is 16.2 Å². The Hall–Kier alpha value is -1.00. The van der Waals surface area contributed by atoms with Crippen LogP contribution in [-0.4, -0.2) is 9.97 Å². The van der Waals surface area contributed by atoms with Crippen molar-refractivity contribution in [3.63, 3.8) is 0 Å². The predicted octanol–water partition coefficient (Wildman–Crippen LogP) is 3.00. The van der Waals surface area contributed by atoms with Gasteiger partial charge in [0.2, 0.25) is 5.95 Å². The number of hydrogen-bond acceptors (Lipinski definition) is 3. The second-order valence-electron chi connectivity index (χ2n) is 2.36. The Morgan fingerprint density at radius 3 is 2.92 bits per heavy atom. The molecule has 2 heterocycles. The van der Waals surface area contributed by atoms with Crippen LogP contribution in [0.15, 0.2) is 23.2 Å². The third kappa shape index (κ3) is 1.68. The molecule has 0 aliphatic carbocycles. The number of nitrogens with zero attached hydrogens (tertiary/aromatic N) is 2. The van der Waals surface area contributed by atoms with Gasteiger partial charge in [0, 0.05) is 23.2 Å². The summed E-state index contributed by atoms with van der Waals surface area (Å²) < 4.78 is 12.7. The molecule has 2 nitrogen and oxygen atoms in total. The molecular weight excluding hydrogens is 211 g/mol. The first-order chi connectivity index (χ1) is 6.27. The molecule has 0 spiro atoms. The van der Waals surface area contributed by atoms with E-state index in [1.54, 1.807) is 10.9 Å². The number of rotatable bonds is 1. The Bertz CT molecular complexity index is 416. The van der Waals surface area contributed by atoms with E-state index in [0.29, 0.717) is 16.3 Å². The van der Waals surface area contributed by atoms with Crippen LogP contribution in [0, 0.1) is 5.95 Å². The molecule has 2 aromatic rings. The minimum absolute atomic E-state index is 0.410. The zero-order valence-electron chi connectivity index (χ0n) is 6.37. The Kier molecular flexibility index (Phi) is 2.24. The summed E-state index contributed by atoms with van der Waals surface area (Å²) in [5.41, 5.74) is 2.93. The molecule has 0 radical (unpaired) electrons. The lowest BCUT2D eigenvalue weighted by Gasteiger charge is -1.98. The Morgan fingerprint density at radius 1 is 1.38 bits per heavy atom. The van der Waals surface area contributed by atoms with E-state index in [1.165, 1.54) is 23.6 Å². The van der Waals surface area contributed by atoms with Crippen LogP contribution in [0.3, 0.4) is 0 Å². The Labute approximate surface area is 83.0 Å². The van der Waals surface area contributed by atoms with Gasteiger partial charge in [-0.2, -0.15) is 4.39 Å². The average Bonchev–Trinajstić information content (AvgIpc) is 2.61. The van der Waals surface area contributed by atoms with E-state index in [4.69, 9.17) is 11.6 Å². The molecule has 0 amide bonds. The maximum Gasteiger partial charge on any atom is 0.213 e. The van der Waals surface area contributed by atoms with Crippen LogP contribution in [0.25, 0.3) is 11.3 Å². The highest BCUT2D eigenvalue weighted by Crippen LogP contribution is 2.26. The molecule has 0 saturated heterocycles. The minimum atomic E-state index is -0.549. The van der Waals surface area contributed by atoms with E-state index in [0.717, 1.165) is 0 Å². The molecule has 0 saturated carbocycles. The van der Waals surface area contributed by atoms with Gasteiger partial charge in [-0.05, 0) is 0 Å². The third-order valence-electron chi connectivity index (χ3n) is 1.53. The van der Waals surface area contributed by atoms with Gasteiger partial charge in [0.15, 0.2) is 0 Å². The van der Waals surface area contributed by atoms with Crippen LogP contribution in [0.5, 0.6) is 0 Å². The lowest BCUT2D eigenvalue weighted by molar-refractivity contribution is 0.584. The molecule has 0 fully saturated rings. The molecule has 0 aliphatic heterocycles. The first kappa shape index (κ1) is 8.59. The maximum absolute atomic E-state index is 12.7. The second kappa shape index (κ2) is 3.40. The zero-order valence-corrected chi connectivity index (χ0v) is 7.94. The number of hydrogen-bond donors (Lipinski definition) is 0. The van der Waals surface area contributed by atoms with Crippen molar-refractivity contribution in [1.29, 1.82) is 0 Å². The van der Waals surface area contributed by atoms with Crippen LogP contribution in [0.4, 0.5) is 4.39 Å². The molecule has 5 heteroatoms. The number of aromatic nitrogens is 2. The Morgan fingerprint density at radius 2 is 2.23 bits per heavy atom. The summed E-state index contributed by atoms with van der Waals surface area (Å²) in [7, 11) is 0. The van der Waals surface area contributed by atoms with Crippen molar-refractivity contribution in [1.82, 2.24) is 9.97 Å². The summed E-state index contributed by atoms with van der Waals surface area (Å²) in [6.45, 7) is 0. The second-order valence-corrected chi connectivity index (χ2v) is 3.49. The summed E-state index contributed by atoms with van der Waals surface area (Å²) in [5, 5.41) is 2.22. The molecule has 0 aromatic carbocycles. The van der Waals surface area contributed by atoms with E-state index in [2.05, 4.69) is 9.97 Å². The van der Waals surface area contributed by atoms with Crippen molar-refractivity contribution in [2.45, 2.75) is 0 Å². The predicted molar refractivity (Wildman–Crippen MR) is 50.3 cm³/mol. The average molecular weight is 215 g/mol. The minimum Gasteiger partial charge on any atom is -0.245 e. The molecule has 0 aliphatic rings. The topological polar surface area (TPSA) is 25.8 Å². The summed E-state index contributed by atoms with van der Waals surface area (Å²) in [5.74, 6) is -0.549. The summed E-state index contributed by atoms with van der Waals surface area (Å²) in [6.07, 6.45) is 1.28. The van der Waals surface area contributed by atoms with Crippen molar-refractivity contribution in [3.05, 3.63) is 34.1 Å². The quantitative estimate of drug-likeness (QED) is 0.682. The first-order valence-corrected chi connectivity index (χ1v) is 4.79. The van der Waals surface area contributed by atoms with E-state index in [-0.39, 0.29) is 0 Å². The number of pyridine rings is 1. The monoisotopic (exact) mass is 214 g/mol. The molecule has 66 valence electrons. The van der Waals surface area contributed by atoms with Gasteiger partial charge >= 0.3 is 0 Å². The highest BCUT2D eigenvalue weighted by atomic mass is 35.5. The van der Waals surface area contributed by atoms with Gasteiger partial charge < -0.3 is 0 Å². The van der Waals surface area contributed by atoms with Crippen molar-refractivity contribution in [2.24, 2.45) is 0 Å². The summed E-state index contributed by atoms with van der Waals surface area (Å²) >= 11 is 7.26. The fraction of sp³-hybridized carbons (Fsp3) is 0. The number of halogens is 2. The molecule has 0 N–H and O–H groups in total. The molecule has 0 unspecified atom stereocenters. The molecule has 0 atom stereocenters. The van der Waals surface area contributed by atoms with E-state index < -0.39 is 5.95 Å². The fourth-order valence-electron chi connectivity index (χ4n) is 0.955. The largest absolute Gasteiger partial charge is 0.245 e. The van der Waals surface area contributed by atoms with Crippen LogP contribution >= 0.6 is 22.9 Å². The third-order valence-corrected chi connectivity index (χ3v) is 2.42.